The molecule has 0 radical (unpaired) electrons. The van der Waals surface area contributed by atoms with Crippen molar-refractivity contribution in [2.75, 3.05) is 5.32 Å². The Balaban J connectivity index is 2.60. The number of halogens is 1. The first-order valence-corrected chi connectivity index (χ1v) is 5.13. The summed E-state index contributed by atoms with van der Waals surface area (Å²) in [5, 5.41) is 13.2. The summed E-state index contributed by atoms with van der Waals surface area (Å²) in [5.41, 5.74) is 0.760. The van der Waals surface area contributed by atoms with Gasteiger partial charge >= 0.3 is 6.09 Å². The molecular formula is C8H7IN2O2S. The van der Waals surface area contributed by atoms with Crippen LogP contribution in [0, 0.1) is 3.57 Å². The van der Waals surface area contributed by atoms with Gasteiger partial charge in [0.1, 0.15) is 0 Å². The average molecular weight is 322 g/mol. The third-order valence-corrected chi connectivity index (χ3v) is 2.18. The summed E-state index contributed by atoms with van der Waals surface area (Å²) in [4.78, 5) is 10.2. The van der Waals surface area contributed by atoms with Gasteiger partial charge in [0, 0.05) is 9.26 Å². The van der Waals surface area contributed by atoms with Gasteiger partial charge in [-0.25, -0.2) is 4.79 Å². The van der Waals surface area contributed by atoms with E-state index in [1.165, 1.54) is 0 Å². The van der Waals surface area contributed by atoms with Crippen LogP contribution in [0.2, 0.25) is 0 Å². The third-order valence-electron chi connectivity index (χ3n) is 1.30. The molecular weight excluding hydrogens is 315 g/mol. The highest BCUT2D eigenvalue weighted by Crippen LogP contribution is 2.11. The summed E-state index contributed by atoms with van der Waals surface area (Å²) in [5.74, 6) is 0. The van der Waals surface area contributed by atoms with Crippen LogP contribution in [0.25, 0.3) is 0 Å². The fraction of sp³-hybridized carbons (Fsp3) is 0. The maximum Gasteiger partial charge on any atom is 0.410 e. The van der Waals surface area contributed by atoms with Crippen LogP contribution in [-0.2, 0) is 0 Å². The van der Waals surface area contributed by atoms with Crippen molar-refractivity contribution in [2.45, 2.75) is 0 Å². The van der Waals surface area contributed by atoms with Crippen LogP contribution in [0.15, 0.2) is 24.3 Å². The lowest BCUT2D eigenvalue weighted by atomic mass is 10.3. The molecule has 1 aromatic carbocycles. The summed E-state index contributed by atoms with van der Waals surface area (Å²) in [6.45, 7) is 0. The Labute approximate surface area is 99.8 Å². The van der Waals surface area contributed by atoms with Crippen molar-refractivity contribution in [2.24, 2.45) is 0 Å². The van der Waals surface area contributed by atoms with Gasteiger partial charge in [-0.05, 0) is 53.0 Å². The lowest BCUT2D eigenvalue weighted by molar-refractivity contribution is 0.200. The second-order valence-electron chi connectivity index (χ2n) is 2.39. The van der Waals surface area contributed by atoms with Gasteiger partial charge in [-0.1, -0.05) is 6.07 Å². The molecule has 0 aliphatic rings. The molecule has 0 fully saturated rings. The number of carboxylic acid groups (broad SMARTS) is 1. The number of rotatable bonds is 1. The van der Waals surface area contributed by atoms with Crippen LogP contribution >= 0.6 is 34.8 Å². The minimum absolute atomic E-state index is 0.0690. The SMILES string of the molecule is O=C(O)NC(=S)Nc1cccc(I)c1. The van der Waals surface area contributed by atoms with E-state index in [1.54, 1.807) is 6.07 Å². The molecule has 0 atom stereocenters. The van der Waals surface area contributed by atoms with Crippen molar-refractivity contribution in [1.29, 1.82) is 0 Å². The summed E-state index contributed by atoms with van der Waals surface area (Å²) >= 11 is 6.91. The quantitative estimate of drug-likeness (QED) is 0.548. The molecule has 0 aliphatic carbocycles. The zero-order chi connectivity index (χ0) is 10.6. The molecule has 0 bridgehead atoms. The largest absolute Gasteiger partial charge is 0.465 e. The van der Waals surface area contributed by atoms with Crippen molar-refractivity contribution >= 4 is 51.7 Å². The Bertz CT molecular complexity index is 370. The van der Waals surface area contributed by atoms with Crippen molar-refractivity contribution in [1.82, 2.24) is 5.32 Å². The molecule has 0 aromatic heterocycles. The van der Waals surface area contributed by atoms with Crippen molar-refractivity contribution in [3.05, 3.63) is 27.8 Å². The molecule has 0 heterocycles. The molecule has 1 aromatic rings. The summed E-state index contributed by atoms with van der Waals surface area (Å²) < 4.78 is 1.05. The van der Waals surface area contributed by atoms with E-state index in [0.717, 1.165) is 9.26 Å². The minimum atomic E-state index is -1.17. The van der Waals surface area contributed by atoms with E-state index in [1.807, 2.05) is 23.5 Å². The number of carbonyl (C=O) groups is 1. The first-order chi connectivity index (χ1) is 6.58. The second kappa shape index (κ2) is 5.11. The molecule has 6 heteroatoms. The fourth-order valence-corrected chi connectivity index (χ4v) is 1.57. The number of hydrogen-bond donors (Lipinski definition) is 3. The maximum atomic E-state index is 10.2. The lowest BCUT2D eigenvalue weighted by Crippen LogP contribution is -2.32. The zero-order valence-corrected chi connectivity index (χ0v) is 9.93. The van der Waals surface area contributed by atoms with Crippen molar-refractivity contribution in [3.63, 3.8) is 0 Å². The highest BCUT2D eigenvalue weighted by Gasteiger charge is 2.00. The predicted octanol–water partition coefficient (Wildman–Crippen LogP) is 2.26. The fourth-order valence-electron chi connectivity index (χ4n) is 0.826. The van der Waals surface area contributed by atoms with Gasteiger partial charge in [-0.15, -0.1) is 0 Å². The number of nitrogens with one attached hydrogen (secondary N) is 2. The van der Waals surface area contributed by atoms with E-state index < -0.39 is 6.09 Å². The lowest BCUT2D eigenvalue weighted by Gasteiger charge is -2.06. The Morgan fingerprint density at radius 2 is 2.21 bits per heavy atom. The first-order valence-electron chi connectivity index (χ1n) is 3.64. The Hall–Kier alpha value is -0.890. The summed E-state index contributed by atoms with van der Waals surface area (Å²) in [7, 11) is 0. The monoisotopic (exact) mass is 322 g/mol. The van der Waals surface area contributed by atoms with E-state index >= 15 is 0 Å². The highest BCUT2D eigenvalue weighted by molar-refractivity contribution is 14.1. The first kappa shape index (κ1) is 11.2. The molecule has 14 heavy (non-hydrogen) atoms. The Kier molecular flexibility index (Phi) is 4.08. The zero-order valence-electron chi connectivity index (χ0n) is 6.95. The van der Waals surface area contributed by atoms with E-state index in [9.17, 15) is 4.79 Å². The molecule has 1 rings (SSSR count). The number of amides is 1. The molecule has 0 aliphatic heterocycles. The number of benzene rings is 1. The molecule has 3 N–H and O–H groups in total. The van der Waals surface area contributed by atoms with Gasteiger partial charge in [0.2, 0.25) is 0 Å². The Morgan fingerprint density at radius 3 is 2.79 bits per heavy atom. The van der Waals surface area contributed by atoms with Crippen LogP contribution in [-0.4, -0.2) is 16.3 Å². The second-order valence-corrected chi connectivity index (χ2v) is 4.05. The van der Waals surface area contributed by atoms with Crippen LogP contribution < -0.4 is 10.6 Å². The van der Waals surface area contributed by atoms with Crippen LogP contribution in [0.5, 0.6) is 0 Å². The molecule has 74 valence electrons. The van der Waals surface area contributed by atoms with Gasteiger partial charge < -0.3 is 10.4 Å². The van der Waals surface area contributed by atoms with E-state index in [4.69, 9.17) is 17.3 Å². The van der Waals surface area contributed by atoms with Crippen LogP contribution in [0.4, 0.5) is 10.5 Å². The Morgan fingerprint density at radius 1 is 1.50 bits per heavy atom. The van der Waals surface area contributed by atoms with Gasteiger partial charge in [0.15, 0.2) is 5.11 Å². The van der Waals surface area contributed by atoms with Crippen LogP contribution in [0.1, 0.15) is 0 Å². The van der Waals surface area contributed by atoms with Crippen molar-refractivity contribution < 1.29 is 9.90 Å². The number of thiocarbonyl (C=S) groups is 1. The summed E-state index contributed by atoms with van der Waals surface area (Å²) in [6, 6.07) is 7.45. The molecule has 0 spiro atoms. The van der Waals surface area contributed by atoms with E-state index in [-0.39, 0.29) is 5.11 Å². The predicted molar refractivity (Wildman–Crippen MR) is 66.5 cm³/mol. The summed E-state index contributed by atoms with van der Waals surface area (Å²) in [6.07, 6.45) is -1.17. The van der Waals surface area contributed by atoms with Crippen LogP contribution in [0.3, 0.4) is 0 Å². The normalized spacial score (nSPS) is 9.21. The molecule has 4 nitrogen and oxygen atoms in total. The average Bonchev–Trinajstić information content (AvgIpc) is 2.01. The maximum absolute atomic E-state index is 10.2. The smallest absolute Gasteiger partial charge is 0.410 e. The van der Waals surface area contributed by atoms with Crippen molar-refractivity contribution in [3.8, 4) is 0 Å². The third kappa shape index (κ3) is 3.88. The van der Waals surface area contributed by atoms with Gasteiger partial charge in [0.05, 0.1) is 0 Å². The van der Waals surface area contributed by atoms with Gasteiger partial charge in [0.25, 0.3) is 0 Å². The molecule has 0 unspecified atom stereocenters. The topological polar surface area (TPSA) is 61.4 Å². The van der Waals surface area contributed by atoms with Gasteiger partial charge in [-0.3, -0.25) is 5.32 Å². The number of hydrogen-bond acceptors (Lipinski definition) is 2. The molecule has 1 amide bonds. The highest BCUT2D eigenvalue weighted by atomic mass is 127. The van der Waals surface area contributed by atoms with Gasteiger partial charge in [-0.2, -0.15) is 0 Å². The molecule has 0 saturated heterocycles. The van der Waals surface area contributed by atoms with E-state index in [0.29, 0.717) is 0 Å². The molecule has 0 saturated carbocycles. The number of anilines is 1. The van der Waals surface area contributed by atoms with E-state index in [2.05, 4.69) is 27.9 Å². The standard InChI is InChI=1S/C8H7IN2O2S/c9-5-2-1-3-6(4-5)10-7(14)11-8(12)13/h1-4H,(H,12,13)(H2,10,11,14). The minimum Gasteiger partial charge on any atom is -0.465 e.